The van der Waals surface area contributed by atoms with Gasteiger partial charge < -0.3 is 0 Å². The van der Waals surface area contributed by atoms with E-state index in [2.05, 4.69) is 69.1 Å². The van der Waals surface area contributed by atoms with Gasteiger partial charge in [0.25, 0.3) is 0 Å². The average molecular weight is 306 g/mol. The first kappa shape index (κ1) is 15.4. The Kier molecular flexibility index (Phi) is 3.99. The van der Waals surface area contributed by atoms with Gasteiger partial charge in [0, 0.05) is 6.20 Å². The molecule has 0 fully saturated rings. The van der Waals surface area contributed by atoms with E-state index in [1.54, 1.807) is 0 Å². The van der Waals surface area contributed by atoms with Crippen LogP contribution in [-0.2, 0) is 0 Å². The highest BCUT2D eigenvalue weighted by Gasteiger charge is 2.15. The van der Waals surface area contributed by atoms with Crippen LogP contribution in [0.1, 0.15) is 42.1 Å². The lowest BCUT2D eigenvalue weighted by molar-refractivity contribution is 0.831. The van der Waals surface area contributed by atoms with Gasteiger partial charge in [-0.15, -0.1) is 10.2 Å². The van der Waals surface area contributed by atoms with Crippen LogP contribution in [0.5, 0.6) is 0 Å². The molecule has 0 atom stereocenters. The van der Waals surface area contributed by atoms with Crippen molar-refractivity contribution < 1.29 is 0 Å². The van der Waals surface area contributed by atoms with Gasteiger partial charge in [0.15, 0.2) is 5.82 Å². The molecule has 0 aliphatic carbocycles. The van der Waals surface area contributed by atoms with Crippen molar-refractivity contribution in [2.24, 2.45) is 10.2 Å². The van der Waals surface area contributed by atoms with Crippen LogP contribution < -0.4 is 0 Å². The zero-order valence-corrected chi connectivity index (χ0v) is 14.3. The van der Waals surface area contributed by atoms with Gasteiger partial charge in [0.2, 0.25) is 0 Å². The maximum absolute atomic E-state index is 4.73. The number of hydrogen-bond donors (Lipinski definition) is 0. The highest BCUT2D eigenvalue weighted by Crippen LogP contribution is 2.30. The molecule has 0 saturated heterocycles. The van der Waals surface area contributed by atoms with Crippen LogP contribution in [0.25, 0.3) is 5.65 Å². The Morgan fingerprint density at radius 3 is 2.39 bits per heavy atom. The molecule has 0 saturated carbocycles. The van der Waals surface area contributed by atoms with Crippen molar-refractivity contribution in [3.63, 3.8) is 0 Å². The Bertz CT molecular complexity index is 888. The number of hydrogen-bond acceptors (Lipinski definition) is 3. The molecule has 4 heteroatoms. The average Bonchev–Trinajstić information content (AvgIpc) is 2.84. The Labute approximate surface area is 136 Å². The van der Waals surface area contributed by atoms with Gasteiger partial charge in [0.05, 0.1) is 11.4 Å². The molecule has 3 aromatic rings. The summed E-state index contributed by atoms with van der Waals surface area (Å²) in [7, 11) is 0. The summed E-state index contributed by atoms with van der Waals surface area (Å²) in [5, 5.41) is 9.00. The zero-order chi connectivity index (χ0) is 16.6. The summed E-state index contributed by atoms with van der Waals surface area (Å²) in [5.74, 6) is 1.11. The van der Waals surface area contributed by atoms with Crippen LogP contribution >= 0.6 is 0 Å². The molecule has 0 aliphatic heterocycles. The minimum atomic E-state index is 0.295. The topological polar surface area (TPSA) is 42.0 Å². The van der Waals surface area contributed by atoms with Crippen LogP contribution in [0.2, 0.25) is 0 Å². The van der Waals surface area contributed by atoms with Gasteiger partial charge in [-0.3, -0.25) is 4.40 Å². The van der Waals surface area contributed by atoms with Crippen molar-refractivity contribution in [1.29, 1.82) is 0 Å². The Morgan fingerprint density at radius 1 is 0.957 bits per heavy atom. The Hall–Kier alpha value is -2.49. The number of pyridine rings is 1. The van der Waals surface area contributed by atoms with Gasteiger partial charge >= 0.3 is 0 Å². The number of rotatable bonds is 3. The first-order chi connectivity index (χ1) is 11.0. The fraction of sp³-hybridized carbons (Fsp3) is 0.316. The van der Waals surface area contributed by atoms with Gasteiger partial charge in [-0.25, -0.2) is 4.98 Å². The van der Waals surface area contributed by atoms with E-state index >= 15 is 0 Å². The second kappa shape index (κ2) is 5.95. The molecule has 2 aromatic heterocycles. The van der Waals surface area contributed by atoms with E-state index < -0.39 is 0 Å². The number of nitrogens with zero attached hydrogens (tertiary/aromatic N) is 4. The van der Waals surface area contributed by atoms with Crippen molar-refractivity contribution >= 4 is 17.2 Å². The molecule has 0 bridgehead atoms. The van der Waals surface area contributed by atoms with Crippen LogP contribution in [0.15, 0.2) is 46.8 Å². The molecule has 23 heavy (non-hydrogen) atoms. The number of fused-ring (bicyclic) bond motifs is 1. The van der Waals surface area contributed by atoms with E-state index in [0.717, 1.165) is 28.4 Å². The van der Waals surface area contributed by atoms with Crippen molar-refractivity contribution in [1.82, 2.24) is 9.38 Å². The highest BCUT2D eigenvalue weighted by atomic mass is 15.2. The van der Waals surface area contributed by atoms with E-state index in [1.165, 1.54) is 11.1 Å². The first-order valence-corrected chi connectivity index (χ1v) is 7.93. The smallest absolute Gasteiger partial charge is 0.183 e. The van der Waals surface area contributed by atoms with Crippen LogP contribution in [0.4, 0.5) is 11.5 Å². The molecule has 0 spiro atoms. The molecule has 0 N–H and O–H groups in total. The number of imidazole rings is 1. The summed E-state index contributed by atoms with van der Waals surface area (Å²) < 4.78 is 2.01. The number of aromatic nitrogens is 2. The standard InChI is InChI=1S/C19H22N4/c1-12(2)18-19(23-9-8-14(4)11-17(23)20-18)22-21-16-7-6-13(3)10-15(16)5/h6-12H,1-5H3. The molecular formula is C19H22N4. The van der Waals surface area contributed by atoms with Crippen molar-refractivity contribution in [3.8, 4) is 0 Å². The second-order valence-corrected chi connectivity index (χ2v) is 6.40. The summed E-state index contributed by atoms with van der Waals surface area (Å²) in [4.78, 5) is 4.73. The summed E-state index contributed by atoms with van der Waals surface area (Å²) in [6, 6.07) is 10.3. The summed E-state index contributed by atoms with van der Waals surface area (Å²) in [6.45, 7) is 10.5. The molecule has 0 aliphatic rings. The van der Waals surface area contributed by atoms with Crippen LogP contribution in [0.3, 0.4) is 0 Å². The largest absolute Gasteiger partial charge is 0.283 e. The molecule has 118 valence electrons. The second-order valence-electron chi connectivity index (χ2n) is 6.40. The molecule has 0 unspecified atom stereocenters. The zero-order valence-electron chi connectivity index (χ0n) is 14.3. The first-order valence-electron chi connectivity index (χ1n) is 7.93. The third-order valence-electron chi connectivity index (χ3n) is 3.93. The van der Waals surface area contributed by atoms with Gasteiger partial charge in [-0.05, 0) is 56.0 Å². The fourth-order valence-corrected chi connectivity index (χ4v) is 2.66. The minimum Gasteiger partial charge on any atom is -0.283 e. The third-order valence-corrected chi connectivity index (χ3v) is 3.93. The van der Waals surface area contributed by atoms with Gasteiger partial charge in [-0.2, -0.15) is 0 Å². The fourth-order valence-electron chi connectivity index (χ4n) is 2.66. The highest BCUT2D eigenvalue weighted by molar-refractivity contribution is 5.55. The lowest BCUT2D eigenvalue weighted by atomic mass is 10.1. The summed E-state index contributed by atoms with van der Waals surface area (Å²) in [5.41, 5.74) is 6.34. The van der Waals surface area contributed by atoms with Crippen molar-refractivity contribution in [3.05, 3.63) is 58.9 Å². The number of benzene rings is 1. The summed E-state index contributed by atoms with van der Waals surface area (Å²) in [6.07, 6.45) is 2.01. The monoisotopic (exact) mass is 306 g/mol. The van der Waals surface area contributed by atoms with Gasteiger partial charge in [-0.1, -0.05) is 31.5 Å². The lowest BCUT2D eigenvalue weighted by Gasteiger charge is -2.03. The molecule has 1 aromatic carbocycles. The summed E-state index contributed by atoms with van der Waals surface area (Å²) >= 11 is 0. The quantitative estimate of drug-likeness (QED) is 0.564. The predicted molar refractivity (Wildman–Crippen MR) is 94.1 cm³/mol. The van der Waals surface area contributed by atoms with E-state index in [0.29, 0.717) is 5.92 Å². The predicted octanol–water partition coefficient (Wildman–Crippen LogP) is 5.80. The molecule has 0 amide bonds. The maximum atomic E-state index is 4.73. The van der Waals surface area contributed by atoms with Crippen LogP contribution in [0, 0.1) is 20.8 Å². The molecule has 0 radical (unpaired) electrons. The van der Waals surface area contributed by atoms with E-state index in [9.17, 15) is 0 Å². The van der Waals surface area contributed by atoms with Crippen molar-refractivity contribution in [2.45, 2.75) is 40.5 Å². The van der Waals surface area contributed by atoms with E-state index in [1.807, 2.05) is 16.7 Å². The normalized spacial score (nSPS) is 11.9. The van der Waals surface area contributed by atoms with E-state index in [4.69, 9.17) is 4.98 Å². The number of aryl methyl sites for hydroxylation is 3. The Balaban J connectivity index is 2.11. The third kappa shape index (κ3) is 3.02. The number of azo groups is 1. The molecular weight excluding hydrogens is 284 g/mol. The van der Waals surface area contributed by atoms with Crippen LogP contribution in [-0.4, -0.2) is 9.38 Å². The minimum absolute atomic E-state index is 0.295. The van der Waals surface area contributed by atoms with E-state index in [-0.39, 0.29) is 0 Å². The maximum Gasteiger partial charge on any atom is 0.183 e. The van der Waals surface area contributed by atoms with Crippen molar-refractivity contribution in [2.75, 3.05) is 0 Å². The molecule has 4 nitrogen and oxygen atoms in total. The Morgan fingerprint density at radius 2 is 1.70 bits per heavy atom. The molecule has 2 heterocycles. The van der Waals surface area contributed by atoms with Gasteiger partial charge in [0.1, 0.15) is 5.65 Å². The lowest BCUT2D eigenvalue weighted by Crippen LogP contribution is -1.87. The molecule has 3 rings (SSSR count). The SMILES string of the molecule is Cc1ccc(N=Nc2c(C(C)C)nc3cc(C)ccn23)c(C)c1.